The van der Waals surface area contributed by atoms with E-state index in [0.29, 0.717) is 0 Å². The predicted molar refractivity (Wildman–Crippen MR) is 71.1 cm³/mol. The molecule has 0 amide bonds. The molecule has 2 N–H and O–H groups in total. The van der Waals surface area contributed by atoms with Gasteiger partial charge in [0.1, 0.15) is 5.75 Å². The fourth-order valence-electron chi connectivity index (χ4n) is 2.52. The molecule has 2 nitrogen and oxygen atoms in total. The molecule has 0 aromatic heterocycles. The van der Waals surface area contributed by atoms with Crippen LogP contribution in [0.5, 0.6) is 5.75 Å². The molecule has 1 aromatic carbocycles. The lowest BCUT2D eigenvalue weighted by molar-refractivity contribution is 0.248. The van der Waals surface area contributed by atoms with Crippen LogP contribution in [0.25, 0.3) is 0 Å². The van der Waals surface area contributed by atoms with Crippen LogP contribution in [0.1, 0.15) is 50.6 Å². The Bertz CT molecular complexity index is 345. The number of para-hydroxylation sites is 1. The molecular weight excluding hydrogens is 210 g/mol. The third-order valence-corrected chi connectivity index (χ3v) is 3.71. The van der Waals surface area contributed by atoms with Crippen LogP contribution in [0.2, 0.25) is 0 Å². The van der Waals surface area contributed by atoms with E-state index in [1.54, 1.807) is 0 Å². The van der Waals surface area contributed by atoms with Gasteiger partial charge < -0.3 is 10.5 Å². The summed E-state index contributed by atoms with van der Waals surface area (Å²) in [7, 11) is 0. The molecule has 0 saturated heterocycles. The van der Waals surface area contributed by atoms with E-state index in [4.69, 9.17) is 10.5 Å². The summed E-state index contributed by atoms with van der Waals surface area (Å²) in [4.78, 5) is 0. The molecule has 0 bridgehead atoms. The molecule has 2 rings (SSSR count). The van der Waals surface area contributed by atoms with E-state index in [2.05, 4.69) is 13.0 Å². The Morgan fingerprint density at radius 2 is 2.00 bits per heavy atom. The van der Waals surface area contributed by atoms with Crippen LogP contribution in [0.3, 0.4) is 0 Å². The van der Waals surface area contributed by atoms with Gasteiger partial charge in [-0.1, -0.05) is 38.0 Å². The highest BCUT2D eigenvalue weighted by Gasteiger charge is 2.17. The fraction of sp³-hybridized carbons (Fsp3) is 0.600. The third kappa shape index (κ3) is 3.22. The number of hydrogen-bond acceptors (Lipinski definition) is 2. The Kier molecular flexibility index (Phi) is 4.43. The maximum atomic E-state index is 6.10. The van der Waals surface area contributed by atoms with Crippen molar-refractivity contribution in [2.75, 3.05) is 6.61 Å². The lowest BCUT2D eigenvalue weighted by Crippen LogP contribution is -2.13. The monoisotopic (exact) mass is 233 g/mol. The first-order valence-electron chi connectivity index (χ1n) is 6.78. The molecule has 94 valence electrons. The summed E-state index contributed by atoms with van der Waals surface area (Å²) in [6, 6.07) is 8.27. The molecule has 1 unspecified atom stereocenters. The van der Waals surface area contributed by atoms with E-state index < -0.39 is 0 Å². The molecule has 1 atom stereocenters. The van der Waals surface area contributed by atoms with Gasteiger partial charge in [0.15, 0.2) is 0 Å². The fourth-order valence-corrected chi connectivity index (χ4v) is 2.52. The van der Waals surface area contributed by atoms with Crippen molar-refractivity contribution >= 4 is 0 Å². The van der Waals surface area contributed by atoms with Crippen molar-refractivity contribution < 1.29 is 4.74 Å². The number of nitrogens with two attached hydrogens (primary N) is 1. The molecule has 1 saturated carbocycles. The van der Waals surface area contributed by atoms with E-state index in [9.17, 15) is 0 Å². The van der Waals surface area contributed by atoms with Crippen LogP contribution in [0, 0.1) is 5.92 Å². The highest BCUT2D eigenvalue weighted by atomic mass is 16.5. The van der Waals surface area contributed by atoms with E-state index in [1.165, 1.54) is 25.7 Å². The predicted octanol–water partition coefficient (Wildman–Crippen LogP) is 3.67. The molecular formula is C15H23NO. The van der Waals surface area contributed by atoms with Crippen LogP contribution >= 0.6 is 0 Å². The van der Waals surface area contributed by atoms with Crippen LogP contribution in [0.4, 0.5) is 0 Å². The number of hydrogen-bond donors (Lipinski definition) is 1. The van der Waals surface area contributed by atoms with Crippen molar-refractivity contribution in [1.29, 1.82) is 0 Å². The van der Waals surface area contributed by atoms with Gasteiger partial charge in [0, 0.05) is 11.6 Å². The second kappa shape index (κ2) is 6.06. The Morgan fingerprint density at radius 3 is 2.71 bits per heavy atom. The normalized spacial score (nSPS) is 18.2. The summed E-state index contributed by atoms with van der Waals surface area (Å²) in [5.74, 6) is 1.73. The maximum absolute atomic E-state index is 6.10. The third-order valence-electron chi connectivity index (χ3n) is 3.71. The van der Waals surface area contributed by atoms with Crippen molar-refractivity contribution in [3.8, 4) is 5.75 Å². The Balaban J connectivity index is 1.98. The standard InChI is InChI=1S/C15H23NO/c1-2-14(16)13-9-5-6-10-15(13)17-11-12-7-3-4-8-12/h5-6,9-10,12,14H,2-4,7-8,11,16H2,1H3. The molecule has 1 fully saturated rings. The molecule has 17 heavy (non-hydrogen) atoms. The number of benzene rings is 1. The topological polar surface area (TPSA) is 35.2 Å². The van der Waals surface area contributed by atoms with E-state index in [0.717, 1.165) is 30.3 Å². The van der Waals surface area contributed by atoms with Crippen molar-refractivity contribution in [1.82, 2.24) is 0 Å². The Labute approximate surface area is 104 Å². The van der Waals surface area contributed by atoms with E-state index in [1.807, 2.05) is 18.2 Å². The summed E-state index contributed by atoms with van der Waals surface area (Å²) < 4.78 is 5.96. The van der Waals surface area contributed by atoms with Crippen molar-refractivity contribution in [2.24, 2.45) is 11.7 Å². The van der Waals surface area contributed by atoms with Gasteiger partial charge in [0.25, 0.3) is 0 Å². The van der Waals surface area contributed by atoms with Gasteiger partial charge in [-0.2, -0.15) is 0 Å². The molecule has 0 aliphatic heterocycles. The van der Waals surface area contributed by atoms with Gasteiger partial charge in [-0.25, -0.2) is 0 Å². The molecule has 1 aromatic rings. The van der Waals surface area contributed by atoms with Gasteiger partial charge in [-0.05, 0) is 31.2 Å². The molecule has 0 heterocycles. The summed E-state index contributed by atoms with van der Waals surface area (Å²) in [5.41, 5.74) is 7.25. The lowest BCUT2D eigenvalue weighted by Gasteiger charge is -2.17. The van der Waals surface area contributed by atoms with Gasteiger partial charge >= 0.3 is 0 Å². The van der Waals surface area contributed by atoms with Crippen LogP contribution in [-0.2, 0) is 0 Å². The van der Waals surface area contributed by atoms with Crippen LogP contribution in [0.15, 0.2) is 24.3 Å². The minimum absolute atomic E-state index is 0.0924. The molecule has 1 aliphatic carbocycles. The first-order chi connectivity index (χ1) is 8.31. The largest absolute Gasteiger partial charge is 0.493 e. The highest BCUT2D eigenvalue weighted by molar-refractivity contribution is 5.35. The zero-order chi connectivity index (χ0) is 12.1. The zero-order valence-electron chi connectivity index (χ0n) is 10.7. The Morgan fingerprint density at radius 1 is 1.29 bits per heavy atom. The van der Waals surface area contributed by atoms with E-state index in [-0.39, 0.29) is 6.04 Å². The Hall–Kier alpha value is -1.02. The summed E-state index contributed by atoms with van der Waals surface area (Å²) in [6.07, 6.45) is 6.32. The minimum atomic E-state index is 0.0924. The summed E-state index contributed by atoms with van der Waals surface area (Å²) in [6.45, 7) is 2.96. The molecule has 0 radical (unpaired) electrons. The SMILES string of the molecule is CCC(N)c1ccccc1OCC1CCCC1. The van der Waals surface area contributed by atoms with Crippen LogP contribution < -0.4 is 10.5 Å². The molecule has 1 aliphatic rings. The first-order valence-corrected chi connectivity index (χ1v) is 6.78. The van der Waals surface area contributed by atoms with Gasteiger partial charge in [0.05, 0.1) is 6.61 Å². The lowest BCUT2D eigenvalue weighted by atomic mass is 10.0. The quantitative estimate of drug-likeness (QED) is 0.842. The molecule has 0 spiro atoms. The second-order valence-electron chi connectivity index (χ2n) is 5.01. The zero-order valence-corrected chi connectivity index (χ0v) is 10.7. The summed E-state index contributed by atoms with van der Waals surface area (Å²) in [5, 5.41) is 0. The minimum Gasteiger partial charge on any atom is -0.493 e. The number of ether oxygens (including phenoxy) is 1. The van der Waals surface area contributed by atoms with Gasteiger partial charge in [0.2, 0.25) is 0 Å². The highest BCUT2D eigenvalue weighted by Crippen LogP contribution is 2.29. The molecule has 2 heteroatoms. The number of rotatable bonds is 5. The van der Waals surface area contributed by atoms with Crippen molar-refractivity contribution in [2.45, 2.75) is 45.1 Å². The van der Waals surface area contributed by atoms with Crippen molar-refractivity contribution in [3.05, 3.63) is 29.8 Å². The van der Waals surface area contributed by atoms with Crippen molar-refractivity contribution in [3.63, 3.8) is 0 Å². The van der Waals surface area contributed by atoms with Gasteiger partial charge in [-0.3, -0.25) is 0 Å². The average molecular weight is 233 g/mol. The van der Waals surface area contributed by atoms with E-state index >= 15 is 0 Å². The first kappa shape index (κ1) is 12.4. The smallest absolute Gasteiger partial charge is 0.124 e. The second-order valence-corrected chi connectivity index (χ2v) is 5.01. The van der Waals surface area contributed by atoms with Crippen LogP contribution in [-0.4, -0.2) is 6.61 Å². The maximum Gasteiger partial charge on any atom is 0.124 e. The van der Waals surface area contributed by atoms with Gasteiger partial charge in [-0.15, -0.1) is 0 Å². The average Bonchev–Trinajstić information content (AvgIpc) is 2.89. The summed E-state index contributed by atoms with van der Waals surface area (Å²) >= 11 is 0.